The van der Waals surface area contributed by atoms with Gasteiger partial charge in [-0.05, 0) is 72.3 Å². The first-order valence-corrected chi connectivity index (χ1v) is 10.9. The summed E-state index contributed by atoms with van der Waals surface area (Å²) in [6.07, 6.45) is 2.24. The second-order valence-electron chi connectivity index (χ2n) is 8.63. The first-order valence-electron chi connectivity index (χ1n) is 10.9. The van der Waals surface area contributed by atoms with Gasteiger partial charge in [-0.15, -0.1) is 0 Å². The number of rotatable bonds is 7. The van der Waals surface area contributed by atoms with Crippen molar-refractivity contribution in [1.29, 1.82) is 0 Å². The van der Waals surface area contributed by atoms with Gasteiger partial charge < -0.3 is 14.8 Å². The zero-order valence-corrected chi connectivity index (χ0v) is 18.0. The second-order valence-corrected chi connectivity index (χ2v) is 8.63. The Kier molecular flexibility index (Phi) is 5.03. The molecule has 158 valence electrons. The molecule has 0 aromatic heterocycles. The Morgan fingerprint density at radius 2 is 1.68 bits per heavy atom. The molecule has 1 heterocycles. The van der Waals surface area contributed by atoms with Crippen molar-refractivity contribution < 1.29 is 14.3 Å². The van der Waals surface area contributed by atoms with Gasteiger partial charge in [0, 0.05) is 13.0 Å². The van der Waals surface area contributed by atoms with Gasteiger partial charge in [-0.3, -0.25) is 4.79 Å². The Morgan fingerprint density at radius 1 is 0.935 bits per heavy atom. The molecule has 4 heteroatoms. The molecular weight excluding hydrogens is 386 g/mol. The van der Waals surface area contributed by atoms with Crippen LogP contribution in [0.4, 0.5) is 0 Å². The molecule has 0 radical (unpaired) electrons. The Hall–Kier alpha value is -3.11. The van der Waals surface area contributed by atoms with Crippen LogP contribution in [0.5, 0.6) is 11.5 Å². The fourth-order valence-corrected chi connectivity index (χ4v) is 4.50. The van der Waals surface area contributed by atoms with E-state index in [0.717, 1.165) is 42.0 Å². The van der Waals surface area contributed by atoms with Crippen LogP contribution in [0.25, 0.3) is 11.1 Å². The third-order valence-corrected chi connectivity index (χ3v) is 6.52. The summed E-state index contributed by atoms with van der Waals surface area (Å²) in [5.41, 5.74) is 6.59. The van der Waals surface area contributed by atoms with E-state index in [1.807, 2.05) is 25.2 Å². The Morgan fingerprint density at radius 3 is 2.42 bits per heavy atom. The molecule has 0 atom stereocenters. The number of fused-ring (bicyclic) bond motifs is 1. The fourth-order valence-electron chi connectivity index (χ4n) is 4.50. The molecule has 1 fully saturated rings. The minimum atomic E-state index is -0.374. The molecule has 1 saturated carbocycles. The van der Waals surface area contributed by atoms with Crippen LogP contribution in [0.1, 0.15) is 35.1 Å². The number of nitrogens with one attached hydrogen (secondary N) is 1. The normalized spacial score (nSPS) is 15.7. The number of hydrogen-bond acceptors (Lipinski definition) is 4. The lowest BCUT2D eigenvalue weighted by atomic mass is 9.87. The maximum absolute atomic E-state index is 13.4. The molecule has 0 spiro atoms. The van der Waals surface area contributed by atoms with Crippen LogP contribution in [0.3, 0.4) is 0 Å². The highest BCUT2D eigenvalue weighted by molar-refractivity contribution is 5.95. The summed E-state index contributed by atoms with van der Waals surface area (Å²) in [5.74, 6) is 1.79. The maximum Gasteiger partial charge on any atom is 0.231 e. The standard InChI is InChI=1S/C27H27NO3/c1-18-3-4-20(13-23(18)21-7-5-19(6-8-21)16-28-2)14-26(29)27(11-12-27)22-9-10-24-25(15-22)31-17-30-24/h3-10,13,15,28H,11-12,14,16-17H2,1-2H3. The molecule has 0 bridgehead atoms. The van der Waals surface area contributed by atoms with Crippen LogP contribution in [0, 0.1) is 6.92 Å². The van der Waals surface area contributed by atoms with Gasteiger partial charge >= 0.3 is 0 Å². The summed E-state index contributed by atoms with van der Waals surface area (Å²) in [6, 6.07) is 20.9. The quantitative estimate of drug-likeness (QED) is 0.595. The average molecular weight is 414 g/mol. The van der Waals surface area contributed by atoms with Crippen molar-refractivity contribution in [2.75, 3.05) is 13.8 Å². The summed E-state index contributed by atoms with van der Waals surface area (Å²) in [4.78, 5) is 13.4. The molecule has 2 aliphatic rings. The summed E-state index contributed by atoms with van der Waals surface area (Å²) in [6.45, 7) is 3.23. The minimum Gasteiger partial charge on any atom is -0.454 e. The summed E-state index contributed by atoms with van der Waals surface area (Å²) >= 11 is 0. The summed E-state index contributed by atoms with van der Waals surface area (Å²) in [5, 5.41) is 3.18. The minimum absolute atomic E-state index is 0.252. The Balaban J connectivity index is 1.38. The molecular formula is C27H27NO3. The zero-order chi connectivity index (χ0) is 21.4. The smallest absolute Gasteiger partial charge is 0.231 e. The van der Waals surface area contributed by atoms with Crippen molar-refractivity contribution in [2.24, 2.45) is 0 Å². The number of aryl methyl sites for hydroxylation is 1. The van der Waals surface area contributed by atoms with Crippen molar-refractivity contribution >= 4 is 5.78 Å². The van der Waals surface area contributed by atoms with Gasteiger partial charge in [0.15, 0.2) is 11.5 Å². The number of ketones is 1. The predicted molar refractivity (Wildman–Crippen MR) is 122 cm³/mol. The van der Waals surface area contributed by atoms with Gasteiger partial charge in [0.05, 0.1) is 5.41 Å². The van der Waals surface area contributed by atoms with E-state index < -0.39 is 0 Å². The number of benzene rings is 3. The Labute approximate surface area is 183 Å². The Bertz CT molecular complexity index is 1130. The van der Waals surface area contributed by atoms with Gasteiger partial charge in [-0.25, -0.2) is 0 Å². The lowest BCUT2D eigenvalue weighted by molar-refractivity contribution is -0.120. The second kappa shape index (κ2) is 7.86. The molecule has 0 unspecified atom stereocenters. The first-order chi connectivity index (χ1) is 15.1. The van der Waals surface area contributed by atoms with E-state index >= 15 is 0 Å². The number of carbonyl (C=O) groups is 1. The van der Waals surface area contributed by atoms with Crippen molar-refractivity contribution in [3.05, 3.63) is 82.9 Å². The molecule has 1 aliphatic heterocycles. The summed E-state index contributed by atoms with van der Waals surface area (Å²) in [7, 11) is 1.95. The molecule has 3 aromatic rings. The van der Waals surface area contributed by atoms with E-state index in [2.05, 4.69) is 54.7 Å². The molecule has 1 N–H and O–H groups in total. The van der Waals surface area contributed by atoms with Gasteiger partial charge in [-0.2, -0.15) is 0 Å². The number of ether oxygens (including phenoxy) is 2. The third kappa shape index (κ3) is 3.72. The maximum atomic E-state index is 13.4. The van der Waals surface area contributed by atoms with Gasteiger partial charge in [-0.1, -0.05) is 48.5 Å². The van der Waals surface area contributed by atoms with E-state index in [0.29, 0.717) is 6.42 Å². The van der Waals surface area contributed by atoms with Crippen LogP contribution in [0.2, 0.25) is 0 Å². The van der Waals surface area contributed by atoms with Crippen molar-refractivity contribution in [3.63, 3.8) is 0 Å². The average Bonchev–Trinajstić information content (AvgIpc) is 3.47. The van der Waals surface area contributed by atoms with Crippen LogP contribution in [0.15, 0.2) is 60.7 Å². The highest BCUT2D eigenvalue weighted by atomic mass is 16.7. The first kappa shape index (κ1) is 19.8. The van der Waals surface area contributed by atoms with E-state index in [9.17, 15) is 4.79 Å². The highest BCUT2D eigenvalue weighted by Gasteiger charge is 2.50. The lowest BCUT2D eigenvalue weighted by Crippen LogP contribution is -2.22. The molecule has 4 nitrogen and oxygen atoms in total. The molecule has 31 heavy (non-hydrogen) atoms. The van der Waals surface area contributed by atoms with Gasteiger partial charge in [0.1, 0.15) is 5.78 Å². The predicted octanol–water partition coefficient (Wildman–Crippen LogP) is 4.95. The van der Waals surface area contributed by atoms with Crippen molar-refractivity contribution in [3.8, 4) is 22.6 Å². The highest BCUT2D eigenvalue weighted by Crippen LogP contribution is 2.51. The van der Waals surface area contributed by atoms with Crippen molar-refractivity contribution in [2.45, 2.75) is 38.1 Å². The molecule has 3 aromatic carbocycles. The molecule has 0 amide bonds. The van der Waals surface area contributed by atoms with E-state index in [1.54, 1.807) is 0 Å². The van der Waals surface area contributed by atoms with Crippen LogP contribution < -0.4 is 14.8 Å². The van der Waals surface area contributed by atoms with Gasteiger partial charge in [0.2, 0.25) is 6.79 Å². The van der Waals surface area contributed by atoms with E-state index in [-0.39, 0.29) is 18.0 Å². The molecule has 1 aliphatic carbocycles. The lowest BCUT2D eigenvalue weighted by Gasteiger charge is -2.16. The van der Waals surface area contributed by atoms with E-state index in [1.165, 1.54) is 22.3 Å². The third-order valence-electron chi connectivity index (χ3n) is 6.52. The van der Waals surface area contributed by atoms with Crippen LogP contribution in [-0.2, 0) is 23.2 Å². The number of Topliss-reactive ketones (excluding diaryl/α,β-unsaturated/α-hetero) is 1. The summed E-state index contributed by atoms with van der Waals surface area (Å²) < 4.78 is 10.9. The fraction of sp³-hybridized carbons (Fsp3) is 0.296. The SMILES string of the molecule is CNCc1ccc(-c2cc(CC(=O)C3(c4ccc5c(c4)OCO5)CC3)ccc2C)cc1. The number of hydrogen-bond donors (Lipinski definition) is 1. The monoisotopic (exact) mass is 413 g/mol. The topological polar surface area (TPSA) is 47.6 Å². The van der Waals surface area contributed by atoms with Crippen molar-refractivity contribution in [1.82, 2.24) is 5.32 Å². The molecule has 0 saturated heterocycles. The van der Waals surface area contributed by atoms with Crippen LogP contribution in [-0.4, -0.2) is 19.6 Å². The largest absolute Gasteiger partial charge is 0.454 e. The molecule has 5 rings (SSSR count). The zero-order valence-electron chi connectivity index (χ0n) is 18.0. The van der Waals surface area contributed by atoms with E-state index in [4.69, 9.17) is 9.47 Å². The van der Waals surface area contributed by atoms with Gasteiger partial charge in [0.25, 0.3) is 0 Å². The van der Waals surface area contributed by atoms with Crippen LogP contribution >= 0.6 is 0 Å². The number of carbonyl (C=O) groups excluding carboxylic acids is 1.